The van der Waals surface area contributed by atoms with Crippen molar-refractivity contribution in [2.24, 2.45) is 5.16 Å². The number of benzene rings is 2. The number of hydrogen-bond acceptors (Lipinski definition) is 3. The first kappa shape index (κ1) is 13.4. The highest BCUT2D eigenvalue weighted by Crippen LogP contribution is 2.17. The summed E-state index contributed by atoms with van der Waals surface area (Å²) in [6.07, 6.45) is 5.46. The van der Waals surface area contributed by atoms with Crippen LogP contribution in [0.1, 0.15) is 12.5 Å². The Morgan fingerprint density at radius 2 is 2.05 bits per heavy atom. The molecule has 0 amide bonds. The van der Waals surface area contributed by atoms with Gasteiger partial charge in [0.15, 0.2) is 0 Å². The van der Waals surface area contributed by atoms with E-state index in [1.807, 2.05) is 29.8 Å². The fourth-order valence-corrected chi connectivity index (χ4v) is 2.24. The van der Waals surface area contributed by atoms with E-state index < -0.39 is 0 Å². The number of rotatable bonds is 5. The second kappa shape index (κ2) is 6.22. The van der Waals surface area contributed by atoms with Crippen molar-refractivity contribution in [2.75, 3.05) is 6.61 Å². The molecule has 0 saturated heterocycles. The molecule has 4 heteroatoms. The highest BCUT2D eigenvalue weighted by Gasteiger charge is 2.07. The maximum absolute atomic E-state index is 5.27. The molecule has 106 valence electrons. The van der Waals surface area contributed by atoms with Crippen molar-refractivity contribution in [1.82, 2.24) is 9.55 Å². The van der Waals surface area contributed by atoms with Crippen LogP contribution in [0.4, 0.5) is 0 Å². The summed E-state index contributed by atoms with van der Waals surface area (Å²) in [5.41, 5.74) is 1.96. The van der Waals surface area contributed by atoms with Gasteiger partial charge in [-0.2, -0.15) is 0 Å². The molecule has 3 aromatic rings. The van der Waals surface area contributed by atoms with Crippen LogP contribution in [0.3, 0.4) is 0 Å². The summed E-state index contributed by atoms with van der Waals surface area (Å²) < 4.78 is 1.98. The van der Waals surface area contributed by atoms with Crippen molar-refractivity contribution in [3.8, 4) is 0 Å². The summed E-state index contributed by atoms with van der Waals surface area (Å²) in [7, 11) is 0. The molecule has 0 aliphatic rings. The largest absolute Gasteiger partial charge is 0.396 e. The van der Waals surface area contributed by atoms with Crippen LogP contribution in [0.2, 0.25) is 0 Å². The van der Waals surface area contributed by atoms with Crippen LogP contribution in [-0.4, -0.2) is 21.9 Å². The second-order valence-corrected chi connectivity index (χ2v) is 4.75. The van der Waals surface area contributed by atoms with Gasteiger partial charge >= 0.3 is 0 Å². The molecule has 0 atom stereocenters. The molecule has 0 radical (unpaired) electrons. The van der Waals surface area contributed by atoms with Gasteiger partial charge in [-0.3, -0.25) is 0 Å². The van der Waals surface area contributed by atoms with Gasteiger partial charge in [0.1, 0.15) is 12.3 Å². The Kier molecular flexibility index (Phi) is 3.96. The van der Waals surface area contributed by atoms with Gasteiger partial charge in [-0.1, -0.05) is 41.6 Å². The van der Waals surface area contributed by atoms with Gasteiger partial charge in [0.2, 0.25) is 0 Å². The molecule has 0 fully saturated rings. The van der Waals surface area contributed by atoms with E-state index in [1.165, 1.54) is 10.8 Å². The topological polar surface area (TPSA) is 39.4 Å². The third-order valence-electron chi connectivity index (χ3n) is 3.28. The Balaban J connectivity index is 1.97. The summed E-state index contributed by atoms with van der Waals surface area (Å²) in [6.45, 7) is 3.12. The van der Waals surface area contributed by atoms with Crippen LogP contribution in [0.5, 0.6) is 0 Å². The Morgan fingerprint density at radius 3 is 2.81 bits per heavy atom. The van der Waals surface area contributed by atoms with Crippen LogP contribution in [0.25, 0.3) is 10.8 Å². The van der Waals surface area contributed by atoms with E-state index in [2.05, 4.69) is 40.5 Å². The van der Waals surface area contributed by atoms with E-state index in [-0.39, 0.29) is 0 Å². The SMILES string of the molecule is CCO/N=C(/Cn1ccnc1)c1ccc2ccccc2c1. The summed E-state index contributed by atoms with van der Waals surface area (Å²) in [6, 6.07) is 14.6. The van der Waals surface area contributed by atoms with Gasteiger partial charge in [-0.15, -0.1) is 0 Å². The molecule has 0 aliphatic carbocycles. The van der Waals surface area contributed by atoms with E-state index in [9.17, 15) is 0 Å². The van der Waals surface area contributed by atoms with Gasteiger partial charge < -0.3 is 9.40 Å². The fourth-order valence-electron chi connectivity index (χ4n) is 2.24. The molecule has 4 nitrogen and oxygen atoms in total. The monoisotopic (exact) mass is 279 g/mol. The molecule has 1 aromatic heterocycles. The standard InChI is InChI=1S/C17H17N3O/c1-2-21-19-17(12-20-10-9-18-13-20)16-8-7-14-5-3-4-6-15(14)11-16/h3-11,13H,2,12H2,1H3/b19-17-. The molecule has 0 spiro atoms. The molecule has 1 heterocycles. The highest BCUT2D eigenvalue weighted by molar-refractivity contribution is 6.03. The van der Waals surface area contributed by atoms with Gasteiger partial charge in [0.25, 0.3) is 0 Å². The van der Waals surface area contributed by atoms with E-state index in [0.717, 1.165) is 11.3 Å². The Morgan fingerprint density at radius 1 is 1.19 bits per heavy atom. The number of nitrogens with zero attached hydrogens (tertiary/aromatic N) is 3. The summed E-state index contributed by atoms with van der Waals surface area (Å²) in [4.78, 5) is 9.33. The van der Waals surface area contributed by atoms with E-state index in [0.29, 0.717) is 13.2 Å². The maximum atomic E-state index is 5.27. The lowest BCUT2D eigenvalue weighted by atomic mass is 10.0. The zero-order valence-electron chi connectivity index (χ0n) is 11.9. The lowest BCUT2D eigenvalue weighted by Crippen LogP contribution is -2.11. The summed E-state index contributed by atoms with van der Waals surface area (Å²) >= 11 is 0. The number of imidazole rings is 1. The van der Waals surface area contributed by atoms with Crippen molar-refractivity contribution in [2.45, 2.75) is 13.5 Å². The van der Waals surface area contributed by atoms with Gasteiger partial charge in [0.05, 0.1) is 12.9 Å². The van der Waals surface area contributed by atoms with E-state index >= 15 is 0 Å². The average Bonchev–Trinajstić information content (AvgIpc) is 3.04. The zero-order chi connectivity index (χ0) is 14.5. The van der Waals surface area contributed by atoms with Crippen LogP contribution in [-0.2, 0) is 11.4 Å². The zero-order valence-corrected chi connectivity index (χ0v) is 11.9. The smallest absolute Gasteiger partial charge is 0.114 e. The molecule has 3 rings (SSSR count). The normalized spacial score (nSPS) is 11.8. The molecule has 2 aromatic carbocycles. The first-order valence-electron chi connectivity index (χ1n) is 7.00. The number of oxime groups is 1. The van der Waals surface area contributed by atoms with Gasteiger partial charge in [-0.25, -0.2) is 4.98 Å². The van der Waals surface area contributed by atoms with Crippen LogP contribution in [0, 0.1) is 0 Å². The second-order valence-electron chi connectivity index (χ2n) is 4.75. The highest BCUT2D eigenvalue weighted by atomic mass is 16.6. The number of hydrogen-bond donors (Lipinski definition) is 0. The fraction of sp³-hybridized carbons (Fsp3) is 0.176. The minimum atomic E-state index is 0.557. The Hall–Kier alpha value is -2.62. The lowest BCUT2D eigenvalue weighted by molar-refractivity contribution is 0.158. The molecular weight excluding hydrogens is 262 g/mol. The maximum Gasteiger partial charge on any atom is 0.114 e. The van der Waals surface area contributed by atoms with Crippen LogP contribution >= 0.6 is 0 Å². The van der Waals surface area contributed by atoms with E-state index in [1.54, 1.807) is 12.5 Å². The van der Waals surface area contributed by atoms with Gasteiger partial charge in [-0.05, 0) is 23.8 Å². The molecule has 0 bridgehead atoms. The van der Waals surface area contributed by atoms with Crippen molar-refractivity contribution in [3.63, 3.8) is 0 Å². The van der Waals surface area contributed by atoms with Crippen LogP contribution in [0.15, 0.2) is 66.3 Å². The Bertz CT molecular complexity index is 748. The Labute approximate surface area is 123 Å². The minimum absolute atomic E-state index is 0.557. The quantitative estimate of drug-likeness (QED) is 0.530. The van der Waals surface area contributed by atoms with E-state index in [4.69, 9.17) is 4.84 Å². The van der Waals surface area contributed by atoms with Gasteiger partial charge in [0, 0.05) is 18.0 Å². The number of aromatic nitrogens is 2. The molecule has 0 saturated carbocycles. The molecular formula is C17H17N3O. The predicted molar refractivity (Wildman–Crippen MR) is 84.3 cm³/mol. The van der Waals surface area contributed by atoms with Crippen molar-refractivity contribution in [3.05, 3.63) is 66.7 Å². The summed E-state index contributed by atoms with van der Waals surface area (Å²) in [5.74, 6) is 0. The molecule has 0 N–H and O–H groups in total. The molecule has 0 unspecified atom stereocenters. The minimum Gasteiger partial charge on any atom is -0.396 e. The van der Waals surface area contributed by atoms with Crippen LogP contribution < -0.4 is 0 Å². The summed E-state index contributed by atoms with van der Waals surface area (Å²) in [5, 5.41) is 6.68. The average molecular weight is 279 g/mol. The predicted octanol–water partition coefficient (Wildman–Crippen LogP) is 3.48. The lowest BCUT2D eigenvalue weighted by Gasteiger charge is -2.08. The van der Waals surface area contributed by atoms with Crippen molar-refractivity contribution < 1.29 is 4.84 Å². The van der Waals surface area contributed by atoms with Crippen molar-refractivity contribution >= 4 is 16.5 Å². The first-order valence-corrected chi connectivity index (χ1v) is 7.00. The molecule has 21 heavy (non-hydrogen) atoms. The van der Waals surface area contributed by atoms with Crippen molar-refractivity contribution in [1.29, 1.82) is 0 Å². The molecule has 0 aliphatic heterocycles. The first-order chi connectivity index (χ1) is 10.4. The third kappa shape index (κ3) is 3.11. The number of fused-ring (bicyclic) bond motifs is 1. The third-order valence-corrected chi connectivity index (χ3v) is 3.28.